The number of amides is 1. The van der Waals surface area contributed by atoms with Crippen LogP contribution in [0.2, 0.25) is 0 Å². The van der Waals surface area contributed by atoms with Crippen LogP contribution < -0.4 is 11.1 Å². The van der Waals surface area contributed by atoms with Crippen LogP contribution in [0, 0.1) is 0 Å². The highest BCUT2D eigenvalue weighted by Gasteiger charge is 2.26. The Kier molecular flexibility index (Phi) is 2.01. The first-order chi connectivity index (χ1) is 9.20. The summed E-state index contributed by atoms with van der Waals surface area (Å²) in [7, 11) is 0. The Morgan fingerprint density at radius 2 is 2.21 bits per heavy atom. The molecule has 1 aromatic carbocycles. The highest BCUT2D eigenvalue weighted by molar-refractivity contribution is 6.00. The molecule has 19 heavy (non-hydrogen) atoms. The second kappa shape index (κ2) is 3.60. The van der Waals surface area contributed by atoms with Crippen molar-refractivity contribution < 1.29 is 4.79 Å². The molecule has 1 saturated carbocycles. The number of nitrogens with zero attached hydrogens (tertiary/aromatic N) is 2. The van der Waals surface area contributed by atoms with Gasteiger partial charge in [-0.3, -0.25) is 4.79 Å². The first-order valence-corrected chi connectivity index (χ1v) is 6.49. The molecule has 5 nitrogen and oxygen atoms in total. The highest BCUT2D eigenvalue weighted by atomic mass is 16.1. The number of aromatic nitrogens is 2. The van der Waals surface area contributed by atoms with Gasteiger partial charge in [-0.05, 0) is 36.6 Å². The van der Waals surface area contributed by atoms with Gasteiger partial charge in [0.25, 0.3) is 0 Å². The van der Waals surface area contributed by atoms with E-state index in [0.29, 0.717) is 18.0 Å². The maximum atomic E-state index is 11.4. The third-order valence-corrected chi connectivity index (χ3v) is 3.73. The Bertz CT molecular complexity index is 685. The quantitative estimate of drug-likeness (QED) is 0.803. The Balaban J connectivity index is 1.77. The van der Waals surface area contributed by atoms with Gasteiger partial charge in [0.05, 0.1) is 23.5 Å². The molecule has 96 valence electrons. The molecule has 1 aliphatic heterocycles. The van der Waals surface area contributed by atoms with Gasteiger partial charge in [-0.2, -0.15) is 5.10 Å². The molecule has 5 heteroatoms. The average molecular weight is 254 g/mol. The topological polar surface area (TPSA) is 72.9 Å². The fourth-order valence-electron chi connectivity index (χ4n) is 2.55. The molecule has 0 bridgehead atoms. The molecule has 2 heterocycles. The second-order valence-electron chi connectivity index (χ2n) is 5.25. The predicted molar refractivity (Wildman–Crippen MR) is 72.3 cm³/mol. The summed E-state index contributed by atoms with van der Waals surface area (Å²) in [5.74, 6) is 0.641. The van der Waals surface area contributed by atoms with Crippen molar-refractivity contribution in [2.75, 3.05) is 11.1 Å². The van der Waals surface area contributed by atoms with Gasteiger partial charge in [-0.15, -0.1) is 0 Å². The van der Waals surface area contributed by atoms with Crippen molar-refractivity contribution in [3.63, 3.8) is 0 Å². The van der Waals surface area contributed by atoms with E-state index >= 15 is 0 Å². The van der Waals surface area contributed by atoms with E-state index < -0.39 is 0 Å². The number of nitrogens with two attached hydrogens (primary N) is 1. The van der Waals surface area contributed by atoms with E-state index in [1.54, 1.807) is 4.68 Å². The maximum absolute atomic E-state index is 11.4. The molecular formula is C14H14N4O. The molecule has 1 fully saturated rings. The molecule has 0 spiro atoms. The molecule has 4 rings (SSSR count). The first kappa shape index (κ1) is 10.6. The van der Waals surface area contributed by atoms with Crippen LogP contribution >= 0.6 is 0 Å². The van der Waals surface area contributed by atoms with Gasteiger partial charge in [0, 0.05) is 17.8 Å². The summed E-state index contributed by atoms with van der Waals surface area (Å²) >= 11 is 0. The normalized spacial score (nSPS) is 17.4. The Labute approximate surface area is 110 Å². The van der Waals surface area contributed by atoms with E-state index in [9.17, 15) is 4.79 Å². The van der Waals surface area contributed by atoms with Gasteiger partial charge >= 0.3 is 0 Å². The number of anilines is 2. The number of hydrogen-bond acceptors (Lipinski definition) is 3. The van der Waals surface area contributed by atoms with Crippen molar-refractivity contribution in [1.82, 2.24) is 9.78 Å². The Morgan fingerprint density at radius 1 is 1.37 bits per heavy atom. The molecule has 0 unspecified atom stereocenters. The van der Waals surface area contributed by atoms with Crippen molar-refractivity contribution in [2.45, 2.75) is 25.2 Å². The fourth-order valence-corrected chi connectivity index (χ4v) is 2.55. The van der Waals surface area contributed by atoms with E-state index in [-0.39, 0.29) is 5.91 Å². The van der Waals surface area contributed by atoms with Crippen LogP contribution in [-0.4, -0.2) is 15.7 Å². The van der Waals surface area contributed by atoms with Crippen molar-refractivity contribution in [3.8, 4) is 5.69 Å². The third-order valence-electron chi connectivity index (χ3n) is 3.73. The van der Waals surface area contributed by atoms with Crippen LogP contribution in [-0.2, 0) is 11.2 Å². The molecule has 1 aliphatic carbocycles. The Hall–Kier alpha value is -2.30. The number of fused-ring (bicyclic) bond motifs is 1. The number of carbonyl (C=O) groups excluding carboxylic acids is 1. The van der Waals surface area contributed by atoms with Gasteiger partial charge < -0.3 is 11.1 Å². The van der Waals surface area contributed by atoms with Crippen molar-refractivity contribution in [3.05, 3.63) is 35.7 Å². The minimum atomic E-state index is 0.0192. The SMILES string of the molecule is Nc1cc2c(cc1-n1ccc(C3CC3)n1)NC(=O)C2. The van der Waals surface area contributed by atoms with E-state index in [4.69, 9.17) is 5.73 Å². The van der Waals surface area contributed by atoms with Crippen LogP contribution in [0.3, 0.4) is 0 Å². The zero-order valence-corrected chi connectivity index (χ0v) is 10.4. The molecule has 1 aromatic heterocycles. The van der Waals surface area contributed by atoms with Crippen LogP contribution in [0.15, 0.2) is 24.4 Å². The lowest BCUT2D eigenvalue weighted by atomic mass is 10.1. The molecule has 2 aliphatic rings. The summed E-state index contributed by atoms with van der Waals surface area (Å²) in [6, 6.07) is 5.81. The average Bonchev–Trinajstić information content (AvgIpc) is 2.99. The molecule has 0 atom stereocenters. The lowest BCUT2D eigenvalue weighted by molar-refractivity contribution is -0.115. The van der Waals surface area contributed by atoms with Crippen molar-refractivity contribution in [1.29, 1.82) is 0 Å². The summed E-state index contributed by atoms with van der Waals surface area (Å²) in [5.41, 5.74) is 10.5. The fraction of sp³-hybridized carbons (Fsp3) is 0.286. The molecule has 1 amide bonds. The maximum Gasteiger partial charge on any atom is 0.228 e. The standard InChI is InChI=1S/C14H14N4O/c15-10-5-9-6-14(19)16-12(9)7-13(10)18-4-3-11(17-18)8-1-2-8/h3-5,7-8H,1-2,6,15H2,(H,16,19). The number of carbonyl (C=O) groups is 1. The number of nitrogens with one attached hydrogen (secondary N) is 1. The van der Waals surface area contributed by atoms with Crippen molar-refractivity contribution >= 4 is 17.3 Å². The highest BCUT2D eigenvalue weighted by Crippen LogP contribution is 2.39. The first-order valence-electron chi connectivity index (χ1n) is 6.49. The summed E-state index contributed by atoms with van der Waals surface area (Å²) in [6.07, 6.45) is 4.80. The van der Waals surface area contributed by atoms with E-state index in [0.717, 1.165) is 22.6 Å². The summed E-state index contributed by atoms with van der Waals surface area (Å²) in [5, 5.41) is 7.41. The number of nitrogen functional groups attached to an aromatic ring is 1. The smallest absolute Gasteiger partial charge is 0.228 e. The van der Waals surface area contributed by atoms with Crippen LogP contribution in [0.5, 0.6) is 0 Å². The van der Waals surface area contributed by atoms with Crippen LogP contribution in [0.25, 0.3) is 5.69 Å². The van der Waals surface area contributed by atoms with E-state index in [2.05, 4.69) is 10.4 Å². The lowest BCUT2D eigenvalue weighted by Crippen LogP contribution is -2.04. The van der Waals surface area contributed by atoms with Gasteiger partial charge in [0.2, 0.25) is 5.91 Å². The molecule has 3 N–H and O–H groups in total. The van der Waals surface area contributed by atoms with E-state index in [1.807, 2.05) is 24.4 Å². The monoisotopic (exact) mass is 254 g/mol. The summed E-state index contributed by atoms with van der Waals surface area (Å²) in [4.78, 5) is 11.4. The minimum Gasteiger partial charge on any atom is -0.397 e. The molecule has 0 saturated heterocycles. The van der Waals surface area contributed by atoms with Gasteiger partial charge in [-0.25, -0.2) is 4.68 Å². The number of hydrogen-bond donors (Lipinski definition) is 2. The summed E-state index contributed by atoms with van der Waals surface area (Å²) in [6.45, 7) is 0. The minimum absolute atomic E-state index is 0.0192. The summed E-state index contributed by atoms with van der Waals surface area (Å²) < 4.78 is 1.80. The molecule has 2 aromatic rings. The zero-order valence-electron chi connectivity index (χ0n) is 10.4. The van der Waals surface area contributed by atoms with Gasteiger partial charge in [-0.1, -0.05) is 0 Å². The lowest BCUT2D eigenvalue weighted by Gasteiger charge is -2.08. The number of benzene rings is 1. The predicted octanol–water partition coefficient (Wildman–Crippen LogP) is 1.83. The van der Waals surface area contributed by atoms with E-state index in [1.165, 1.54) is 12.8 Å². The van der Waals surface area contributed by atoms with Gasteiger partial charge in [0.1, 0.15) is 0 Å². The largest absolute Gasteiger partial charge is 0.397 e. The third kappa shape index (κ3) is 1.69. The van der Waals surface area contributed by atoms with Crippen molar-refractivity contribution in [2.24, 2.45) is 0 Å². The Morgan fingerprint density at radius 3 is 3.00 bits per heavy atom. The number of rotatable bonds is 2. The molecular weight excluding hydrogens is 240 g/mol. The van der Waals surface area contributed by atoms with Gasteiger partial charge in [0.15, 0.2) is 0 Å². The second-order valence-corrected chi connectivity index (χ2v) is 5.25. The zero-order chi connectivity index (χ0) is 13.0. The molecule has 0 radical (unpaired) electrons. The van der Waals surface area contributed by atoms with Crippen LogP contribution in [0.4, 0.5) is 11.4 Å². The van der Waals surface area contributed by atoms with Crippen LogP contribution in [0.1, 0.15) is 30.0 Å².